The van der Waals surface area contributed by atoms with Gasteiger partial charge in [0.25, 0.3) is 10.0 Å². The molecule has 1 heterocycles. The van der Waals surface area contributed by atoms with Crippen LogP contribution in [0.4, 0.5) is 5.69 Å². The van der Waals surface area contributed by atoms with Gasteiger partial charge in [0.2, 0.25) is 0 Å². The average Bonchev–Trinajstić information content (AvgIpc) is 2.93. The van der Waals surface area contributed by atoms with Crippen LogP contribution in [0.3, 0.4) is 0 Å². The molecular weight excluding hydrogens is 354 g/mol. The van der Waals surface area contributed by atoms with Gasteiger partial charge >= 0.3 is 4.94 Å². The van der Waals surface area contributed by atoms with Crippen LogP contribution in [-0.2, 0) is 10.0 Å². The summed E-state index contributed by atoms with van der Waals surface area (Å²) >= 11 is 0.906. The predicted molar refractivity (Wildman–Crippen MR) is 90.7 cm³/mol. The zero-order chi connectivity index (χ0) is 17.3. The second-order valence-corrected chi connectivity index (χ2v) is 7.40. The first-order valence-corrected chi connectivity index (χ1v) is 9.01. The molecule has 2 aromatic carbocycles. The second kappa shape index (κ2) is 6.17. The Hall–Kier alpha value is -2.52. The SMILES string of the molecule is COc1ccc(S(=O)(=O)Nc2ccc3oc(=O)sc3c2)cc1OC. The molecule has 0 radical (unpaired) electrons. The fraction of sp³-hybridized carbons (Fsp3) is 0.133. The first-order valence-electron chi connectivity index (χ1n) is 6.71. The lowest BCUT2D eigenvalue weighted by Gasteiger charge is -2.11. The number of nitrogens with one attached hydrogen (secondary N) is 1. The Bertz CT molecular complexity index is 1050. The smallest absolute Gasteiger partial charge is 0.396 e. The van der Waals surface area contributed by atoms with Crippen LogP contribution in [-0.4, -0.2) is 22.6 Å². The maximum absolute atomic E-state index is 12.5. The molecule has 0 spiro atoms. The van der Waals surface area contributed by atoms with Crippen molar-refractivity contribution in [1.29, 1.82) is 0 Å². The van der Waals surface area contributed by atoms with Crippen LogP contribution in [0.15, 0.2) is 50.5 Å². The van der Waals surface area contributed by atoms with Crippen molar-refractivity contribution in [2.24, 2.45) is 0 Å². The summed E-state index contributed by atoms with van der Waals surface area (Å²) in [4.78, 5) is 10.8. The van der Waals surface area contributed by atoms with Crippen molar-refractivity contribution in [3.05, 3.63) is 46.1 Å². The van der Waals surface area contributed by atoms with Crippen molar-refractivity contribution < 1.29 is 22.3 Å². The Balaban J connectivity index is 1.96. The third kappa shape index (κ3) is 3.08. The Morgan fingerprint density at radius 1 is 1.04 bits per heavy atom. The van der Waals surface area contributed by atoms with E-state index in [1.165, 1.54) is 38.5 Å². The number of hydrogen-bond donors (Lipinski definition) is 1. The molecule has 1 aromatic heterocycles. The third-order valence-electron chi connectivity index (χ3n) is 3.25. The normalized spacial score (nSPS) is 11.4. The highest BCUT2D eigenvalue weighted by atomic mass is 32.2. The van der Waals surface area contributed by atoms with Crippen LogP contribution in [0, 0.1) is 0 Å². The largest absolute Gasteiger partial charge is 0.493 e. The van der Waals surface area contributed by atoms with Gasteiger partial charge in [0.05, 0.1) is 29.5 Å². The lowest BCUT2D eigenvalue weighted by atomic mass is 10.3. The quantitative estimate of drug-likeness (QED) is 0.745. The van der Waals surface area contributed by atoms with Gasteiger partial charge in [-0.25, -0.2) is 13.2 Å². The minimum Gasteiger partial charge on any atom is -0.493 e. The van der Waals surface area contributed by atoms with Crippen LogP contribution in [0.5, 0.6) is 11.5 Å². The first-order chi connectivity index (χ1) is 11.4. The summed E-state index contributed by atoms with van der Waals surface area (Å²) in [6, 6.07) is 8.91. The van der Waals surface area contributed by atoms with Gasteiger partial charge in [-0.15, -0.1) is 0 Å². The van der Waals surface area contributed by atoms with E-state index in [1.807, 2.05) is 0 Å². The molecule has 0 aliphatic heterocycles. The molecule has 0 bridgehead atoms. The summed E-state index contributed by atoms with van der Waals surface area (Å²) in [5, 5.41) is 0. The number of rotatable bonds is 5. The summed E-state index contributed by atoms with van der Waals surface area (Å²) in [5.41, 5.74) is 0.744. The van der Waals surface area contributed by atoms with E-state index in [1.54, 1.807) is 12.1 Å². The maximum atomic E-state index is 12.5. The van der Waals surface area contributed by atoms with Crippen LogP contribution in [0.25, 0.3) is 10.3 Å². The first kappa shape index (κ1) is 16.3. The van der Waals surface area contributed by atoms with Gasteiger partial charge in [-0.3, -0.25) is 4.72 Å². The van der Waals surface area contributed by atoms with Gasteiger partial charge in [-0.1, -0.05) is 11.3 Å². The Kier molecular flexibility index (Phi) is 4.20. The average molecular weight is 367 g/mol. The van der Waals surface area contributed by atoms with E-state index in [0.717, 1.165) is 11.3 Å². The van der Waals surface area contributed by atoms with E-state index in [-0.39, 0.29) is 4.90 Å². The number of fused-ring (bicyclic) bond motifs is 1. The lowest BCUT2D eigenvalue weighted by Crippen LogP contribution is -2.13. The molecule has 0 unspecified atom stereocenters. The summed E-state index contributed by atoms with van der Waals surface area (Å²) < 4.78 is 43.2. The molecule has 24 heavy (non-hydrogen) atoms. The maximum Gasteiger partial charge on any atom is 0.396 e. The van der Waals surface area contributed by atoms with Gasteiger partial charge in [0.15, 0.2) is 11.5 Å². The van der Waals surface area contributed by atoms with Gasteiger partial charge in [0, 0.05) is 6.07 Å². The molecule has 0 fully saturated rings. The standard InChI is InChI=1S/C15H13NO6S2/c1-20-11-6-4-10(8-13(11)21-2)24(18,19)16-9-3-5-12-14(7-9)23-15(17)22-12/h3-8,16H,1-2H3. The van der Waals surface area contributed by atoms with Crippen molar-refractivity contribution in [3.63, 3.8) is 0 Å². The van der Waals surface area contributed by atoms with E-state index in [4.69, 9.17) is 13.9 Å². The number of methoxy groups -OCH3 is 2. The Morgan fingerprint density at radius 2 is 1.79 bits per heavy atom. The van der Waals surface area contributed by atoms with Crippen molar-refractivity contribution in [3.8, 4) is 11.5 Å². The molecule has 3 aromatic rings. The number of ether oxygens (including phenoxy) is 2. The molecular formula is C15H13NO6S2. The van der Waals surface area contributed by atoms with Crippen LogP contribution in [0.1, 0.15) is 0 Å². The van der Waals surface area contributed by atoms with Crippen LogP contribution >= 0.6 is 11.3 Å². The monoisotopic (exact) mass is 367 g/mol. The summed E-state index contributed by atoms with van der Waals surface area (Å²) in [6.07, 6.45) is 0. The van der Waals surface area contributed by atoms with Crippen molar-refractivity contribution in [1.82, 2.24) is 0 Å². The third-order valence-corrected chi connectivity index (χ3v) is 5.42. The molecule has 0 saturated heterocycles. The van der Waals surface area contributed by atoms with Crippen molar-refractivity contribution in [2.75, 3.05) is 18.9 Å². The van der Waals surface area contributed by atoms with Gasteiger partial charge in [-0.05, 0) is 30.3 Å². The predicted octanol–water partition coefficient (Wildman–Crippen LogP) is 2.67. The Labute approximate surface area is 141 Å². The molecule has 0 aliphatic carbocycles. The molecule has 0 atom stereocenters. The molecule has 0 amide bonds. The minimum absolute atomic E-state index is 0.0284. The van der Waals surface area contributed by atoms with Crippen LogP contribution < -0.4 is 19.1 Å². The highest BCUT2D eigenvalue weighted by Crippen LogP contribution is 2.30. The highest BCUT2D eigenvalue weighted by Gasteiger charge is 2.17. The molecule has 7 nitrogen and oxygen atoms in total. The second-order valence-electron chi connectivity index (χ2n) is 4.74. The van der Waals surface area contributed by atoms with Gasteiger partial charge < -0.3 is 13.9 Å². The zero-order valence-corrected chi connectivity index (χ0v) is 14.4. The highest BCUT2D eigenvalue weighted by molar-refractivity contribution is 7.92. The molecule has 0 aliphatic rings. The van der Waals surface area contributed by atoms with E-state index >= 15 is 0 Å². The van der Waals surface area contributed by atoms with Crippen LogP contribution in [0.2, 0.25) is 0 Å². The van der Waals surface area contributed by atoms with Gasteiger partial charge in [-0.2, -0.15) is 0 Å². The zero-order valence-electron chi connectivity index (χ0n) is 12.7. The van der Waals surface area contributed by atoms with E-state index < -0.39 is 15.0 Å². The molecule has 0 saturated carbocycles. The van der Waals surface area contributed by atoms with E-state index in [9.17, 15) is 13.2 Å². The molecule has 3 rings (SSSR count). The number of hydrogen-bond acceptors (Lipinski definition) is 7. The summed E-state index contributed by atoms with van der Waals surface area (Å²) in [7, 11) is -0.927. The number of anilines is 1. The molecule has 1 N–H and O–H groups in total. The number of benzene rings is 2. The summed E-state index contributed by atoms with van der Waals surface area (Å²) in [5.74, 6) is 0.741. The number of sulfonamides is 1. The van der Waals surface area contributed by atoms with Gasteiger partial charge in [0.1, 0.15) is 5.58 Å². The molecule has 9 heteroatoms. The molecule has 126 valence electrons. The lowest BCUT2D eigenvalue weighted by molar-refractivity contribution is 0.354. The fourth-order valence-electron chi connectivity index (χ4n) is 2.13. The summed E-state index contributed by atoms with van der Waals surface area (Å²) in [6.45, 7) is 0. The van der Waals surface area contributed by atoms with E-state index in [2.05, 4.69) is 4.72 Å². The topological polar surface area (TPSA) is 94.8 Å². The Morgan fingerprint density at radius 3 is 2.50 bits per heavy atom. The van der Waals surface area contributed by atoms with Crippen molar-refractivity contribution in [2.45, 2.75) is 4.90 Å². The van der Waals surface area contributed by atoms with Crippen molar-refractivity contribution >= 4 is 37.3 Å². The fourth-order valence-corrected chi connectivity index (χ4v) is 3.91. The minimum atomic E-state index is -3.82. The van der Waals surface area contributed by atoms with E-state index in [0.29, 0.717) is 27.5 Å².